The van der Waals surface area contributed by atoms with Crippen LogP contribution in [-0.4, -0.2) is 30.8 Å². The van der Waals surface area contributed by atoms with Crippen LogP contribution in [0.3, 0.4) is 0 Å². The number of hydrogen-bond donors (Lipinski definition) is 0. The smallest absolute Gasteiger partial charge is 0.244 e. The Kier molecular flexibility index (Phi) is 5.50. The van der Waals surface area contributed by atoms with Gasteiger partial charge in [0, 0.05) is 30.0 Å². The molecule has 0 atom stereocenters. The average molecular weight is 369 g/mol. The highest BCUT2D eigenvalue weighted by Crippen LogP contribution is 2.19. The minimum atomic E-state index is -3.50. The summed E-state index contributed by atoms with van der Waals surface area (Å²) in [5.74, 6) is 0. The minimum Gasteiger partial charge on any atom is -0.262 e. The summed E-state index contributed by atoms with van der Waals surface area (Å²) in [6, 6.07) is 11.4. The zero-order chi connectivity index (χ0) is 15.3. The number of rotatable bonds is 6. The highest BCUT2D eigenvalue weighted by atomic mass is 79.9. The number of pyridine rings is 1. The summed E-state index contributed by atoms with van der Waals surface area (Å²) in [6.07, 6.45) is 3.64. The number of hydrogen-bond acceptors (Lipinski definition) is 3. The maximum absolute atomic E-state index is 12.6. The van der Waals surface area contributed by atoms with Crippen LogP contribution in [-0.2, 0) is 16.4 Å². The number of halogens is 1. The van der Waals surface area contributed by atoms with E-state index in [-0.39, 0.29) is 4.90 Å². The number of sulfonamides is 1. The molecule has 0 saturated carbocycles. The standard InChI is InChI=1S/C15H17BrN2O2S/c1-2-18(9-8-13-6-4-3-5-7-13)21(19,20)15-10-14(16)11-17-12-15/h3-7,10-12H,2,8-9H2,1H3. The second kappa shape index (κ2) is 7.15. The van der Waals surface area contributed by atoms with Crippen LogP contribution in [0.1, 0.15) is 12.5 Å². The molecule has 0 amide bonds. The predicted molar refractivity (Wildman–Crippen MR) is 86.5 cm³/mol. The Morgan fingerprint density at radius 3 is 2.52 bits per heavy atom. The molecular formula is C15H17BrN2O2S. The highest BCUT2D eigenvalue weighted by Gasteiger charge is 2.23. The van der Waals surface area contributed by atoms with Gasteiger partial charge in [-0.2, -0.15) is 4.31 Å². The van der Waals surface area contributed by atoms with Gasteiger partial charge in [0.1, 0.15) is 4.90 Å². The normalized spacial score (nSPS) is 11.8. The van der Waals surface area contributed by atoms with Crippen molar-refractivity contribution in [1.29, 1.82) is 0 Å². The molecule has 0 aliphatic rings. The molecule has 4 nitrogen and oxygen atoms in total. The van der Waals surface area contributed by atoms with Gasteiger partial charge in [0.15, 0.2) is 0 Å². The Hall–Kier alpha value is -1.24. The maximum Gasteiger partial charge on any atom is 0.244 e. The molecule has 21 heavy (non-hydrogen) atoms. The summed E-state index contributed by atoms with van der Waals surface area (Å²) < 4.78 is 27.3. The molecule has 6 heteroatoms. The first-order valence-corrected chi connectivity index (χ1v) is 8.92. The van der Waals surface area contributed by atoms with E-state index in [1.807, 2.05) is 37.3 Å². The van der Waals surface area contributed by atoms with E-state index in [1.165, 1.54) is 10.5 Å². The lowest BCUT2D eigenvalue weighted by Gasteiger charge is -2.20. The second-order valence-corrected chi connectivity index (χ2v) is 7.42. The lowest BCUT2D eigenvalue weighted by Crippen LogP contribution is -2.32. The van der Waals surface area contributed by atoms with Gasteiger partial charge in [0.2, 0.25) is 10.0 Å². The van der Waals surface area contributed by atoms with Crippen molar-refractivity contribution in [3.05, 3.63) is 58.8 Å². The van der Waals surface area contributed by atoms with E-state index in [0.717, 1.165) is 5.56 Å². The number of aromatic nitrogens is 1. The van der Waals surface area contributed by atoms with Crippen LogP contribution in [0.15, 0.2) is 58.2 Å². The Morgan fingerprint density at radius 2 is 1.90 bits per heavy atom. The fourth-order valence-electron chi connectivity index (χ4n) is 2.03. The van der Waals surface area contributed by atoms with Crippen molar-refractivity contribution in [1.82, 2.24) is 9.29 Å². The molecule has 0 saturated heterocycles. The van der Waals surface area contributed by atoms with Crippen LogP contribution >= 0.6 is 15.9 Å². The zero-order valence-electron chi connectivity index (χ0n) is 11.7. The number of likely N-dealkylation sites (N-methyl/N-ethyl adjacent to an activating group) is 1. The molecule has 0 bridgehead atoms. The first-order valence-electron chi connectivity index (χ1n) is 6.68. The zero-order valence-corrected chi connectivity index (χ0v) is 14.1. The first kappa shape index (κ1) is 16.1. The van der Waals surface area contributed by atoms with Gasteiger partial charge in [-0.05, 0) is 34.0 Å². The van der Waals surface area contributed by atoms with Crippen LogP contribution in [0, 0.1) is 0 Å². The van der Waals surface area contributed by atoms with Crippen molar-refractivity contribution in [3.8, 4) is 0 Å². The van der Waals surface area contributed by atoms with Gasteiger partial charge in [0.25, 0.3) is 0 Å². The number of benzene rings is 1. The van der Waals surface area contributed by atoms with Crippen molar-refractivity contribution in [2.75, 3.05) is 13.1 Å². The van der Waals surface area contributed by atoms with Crippen molar-refractivity contribution in [3.63, 3.8) is 0 Å². The maximum atomic E-state index is 12.6. The molecule has 1 aromatic heterocycles. The lowest BCUT2D eigenvalue weighted by atomic mass is 10.1. The van der Waals surface area contributed by atoms with Crippen LogP contribution in [0.25, 0.3) is 0 Å². The van der Waals surface area contributed by atoms with Crippen LogP contribution < -0.4 is 0 Å². The number of nitrogens with zero attached hydrogens (tertiary/aromatic N) is 2. The van der Waals surface area contributed by atoms with Crippen molar-refractivity contribution >= 4 is 26.0 Å². The van der Waals surface area contributed by atoms with Crippen molar-refractivity contribution < 1.29 is 8.42 Å². The Bertz CT molecular complexity index is 690. The summed E-state index contributed by atoms with van der Waals surface area (Å²) in [5.41, 5.74) is 1.12. The summed E-state index contributed by atoms with van der Waals surface area (Å²) in [7, 11) is -3.50. The van der Waals surface area contributed by atoms with Gasteiger partial charge < -0.3 is 0 Å². The van der Waals surface area contributed by atoms with E-state index >= 15 is 0 Å². The fourth-order valence-corrected chi connectivity index (χ4v) is 3.99. The summed E-state index contributed by atoms with van der Waals surface area (Å²) >= 11 is 3.26. The van der Waals surface area contributed by atoms with Gasteiger partial charge in [-0.15, -0.1) is 0 Å². The third-order valence-electron chi connectivity index (χ3n) is 3.16. The van der Waals surface area contributed by atoms with E-state index in [9.17, 15) is 8.42 Å². The molecule has 0 fully saturated rings. The van der Waals surface area contributed by atoms with Gasteiger partial charge in [-0.3, -0.25) is 4.98 Å². The predicted octanol–water partition coefficient (Wildman–Crippen LogP) is 3.10. The van der Waals surface area contributed by atoms with E-state index < -0.39 is 10.0 Å². The summed E-state index contributed by atoms with van der Waals surface area (Å²) in [5, 5.41) is 0. The topological polar surface area (TPSA) is 50.3 Å². The molecule has 0 spiro atoms. The summed E-state index contributed by atoms with van der Waals surface area (Å²) in [6.45, 7) is 2.73. The summed E-state index contributed by atoms with van der Waals surface area (Å²) in [4.78, 5) is 4.15. The van der Waals surface area contributed by atoms with E-state index in [4.69, 9.17) is 0 Å². The van der Waals surface area contributed by atoms with Crippen molar-refractivity contribution in [2.45, 2.75) is 18.2 Å². The molecule has 2 rings (SSSR count). The Labute approximate surface area is 134 Å². The van der Waals surface area contributed by atoms with E-state index in [2.05, 4.69) is 20.9 Å². The highest BCUT2D eigenvalue weighted by molar-refractivity contribution is 9.10. The fraction of sp³-hybridized carbons (Fsp3) is 0.267. The molecule has 0 unspecified atom stereocenters. The molecule has 112 valence electrons. The Morgan fingerprint density at radius 1 is 1.19 bits per heavy atom. The minimum absolute atomic E-state index is 0.215. The molecule has 0 radical (unpaired) electrons. The largest absolute Gasteiger partial charge is 0.262 e. The third-order valence-corrected chi connectivity index (χ3v) is 5.54. The molecule has 2 aromatic rings. The van der Waals surface area contributed by atoms with E-state index in [1.54, 1.807) is 12.3 Å². The van der Waals surface area contributed by atoms with Crippen LogP contribution in [0.2, 0.25) is 0 Å². The monoisotopic (exact) mass is 368 g/mol. The Balaban J connectivity index is 2.16. The van der Waals surface area contributed by atoms with Gasteiger partial charge in [0.05, 0.1) is 0 Å². The molecule has 0 aliphatic carbocycles. The van der Waals surface area contributed by atoms with Gasteiger partial charge in [-0.1, -0.05) is 37.3 Å². The molecule has 1 aromatic carbocycles. The van der Waals surface area contributed by atoms with Crippen LogP contribution in [0.5, 0.6) is 0 Å². The third kappa shape index (κ3) is 4.12. The quantitative estimate of drug-likeness (QED) is 0.786. The lowest BCUT2D eigenvalue weighted by molar-refractivity contribution is 0.431. The van der Waals surface area contributed by atoms with Crippen molar-refractivity contribution in [2.24, 2.45) is 0 Å². The molecule has 0 aliphatic heterocycles. The average Bonchev–Trinajstić information content (AvgIpc) is 2.49. The van der Waals surface area contributed by atoms with Gasteiger partial charge >= 0.3 is 0 Å². The molecule has 1 heterocycles. The molecule has 0 N–H and O–H groups in total. The SMILES string of the molecule is CCN(CCc1ccccc1)S(=O)(=O)c1cncc(Br)c1. The molecular weight excluding hydrogens is 352 g/mol. The second-order valence-electron chi connectivity index (χ2n) is 4.57. The first-order chi connectivity index (χ1) is 10.0. The van der Waals surface area contributed by atoms with E-state index in [0.29, 0.717) is 24.0 Å². The van der Waals surface area contributed by atoms with Gasteiger partial charge in [-0.25, -0.2) is 8.42 Å². The van der Waals surface area contributed by atoms with Crippen LogP contribution in [0.4, 0.5) is 0 Å².